The molecule has 25 heavy (non-hydrogen) atoms. The lowest BCUT2D eigenvalue weighted by Crippen LogP contribution is -2.55. The summed E-state index contributed by atoms with van der Waals surface area (Å²) in [4.78, 5) is 26.0. The number of rotatable bonds is 5. The van der Waals surface area contributed by atoms with Gasteiger partial charge in [-0.05, 0) is 37.6 Å². The average molecular weight is 348 g/mol. The van der Waals surface area contributed by atoms with Crippen LogP contribution in [-0.4, -0.2) is 53.3 Å². The molecule has 0 aromatic heterocycles. The summed E-state index contributed by atoms with van der Waals surface area (Å²) >= 11 is 0. The van der Waals surface area contributed by atoms with Gasteiger partial charge in [-0.2, -0.15) is 0 Å². The second-order valence-electron chi connectivity index (χ2n) is 5.54. The van der Waals surface area contributed by atoms with Gasteiger partial charge in [0.05, 0.1) is 7.11 Å². The van der Waals surface area contributed by atoms with Crippen LogP contribution >= 0.6 is 0 Å². The third kappa shape index (κ3) is 4.77. The van der Waals surface area contributed by atoms with Gasteiger partial charge in [0, 0.05) is 12.1 Å². The van der Waals surface area contributed by atoms with Crippen LogP contribution in [0.5, 0.6) is 5.75 Å². The number of hydrogen-bond donors (Lipinski definition) is 0. The van der Waals surface area contributed by atoms with E-state index in [0.717, 1.165) is 10.5 Å². The number of carbonyl (C=O) groups excluding carboxylic acids is 1. The van der Waals surface area contributed by atoms with Crippen molar-refractivity contribution in [2.75, 3.05) is 20.6 Å². The number of nitrogens with zero attached hydrogens (tertiary/aromatic N) is 4. The van der Waals surface area contributed by atoms with Crippen LogP contribution in [0.4, 0.5) is 0 Å². The van der Waals surface area contributed by atoms with Gasteiger partial charge >= 0.3 is 0 Å². The number of carbonyl (C=O) groups is 1. The molecule has 9 heteroatoms. The number of nitro groups is 1. The molecule has 0 bridgehead atoms. The van der Waals surface area contributed by atoms with Gasteiger partial charge in [-0.25, -0.2) is 15.0 Å². The van der Waals surface area contributed by atoms with Crippen molar-refractivity contribution in [3.8, 4) is 5.75 Å². The molecule has 2 rings (SSSR count). The predicted molar refractivity (Wildman–Crippen MR) is 91.1 cm³/mol. The van der Waals surface area contributed by atoms with Crippen LogP contribution in [0, 0.1) is 10.1 Å². The Bertz CT molecular complexity index is 684. The van der Waals surface area contributed by atoms with Gasteiger partial charge in [0.15, 0.2) is 5.03 Å². The number of guanidine groups is 1. The van der Waals surface area contributed by atoms with E-state index in [1.807, 2.05) is 13.8 Å². The second-order valence-corrected chi connectivity index (χ2v) is 5.54. The molecular formula is C16H20N4O5. The van der Waals surface area contributed by atoms with Gasteiger partial charge in [-0.3, -0.25) is 4.79 Å². The molecule has 0 aliphatic carbocycles. The average Bonchev–Trinajstić information content (AvgIpc) is 2.59. The van der Waals surface area contributed by atoms with Crippen LogP contribution < -0.4 is 4.74 Å². The molecule has 0 atom stereocenters. The lowest BCUT2D eigenvalue weighted by molar-refractivity contribution is -0.486. The van der Waals surface area contributed by atoms with Gasteiger partial charge in [0.1, 0.15) is 24.3 Å². The Labute approximate surface area is 145 Å². The topological polar surface area (TPSA) is 97.5 Å². The molecule has 0 radical (unpaired) electrons. The Balaban J connectivity index is 2.19. The summed E-state index contributed by atoms with van der Waals surface area (Å²) in [6, 6.07) is 7.02. The number of methoxy groups -OCH3 is 1. The van der Waals surface area contributed by atoms with E-state index in [1.165, 1.54) is 6.08 Å². The van der Waals surface area contributed by atoms with Crippen molar-refractivity contribution < 1.29 is 19.3 Å². The normalized spacial score (nSPS) is 16.7. The molecule has 1 fully saturated rings. The lowest BCUT2D eigenvalue weighted by atomic mass is 10.2. The molecule has 0 unspecified atom stereocenters. The van der Waals surface area contributed by atoms with Gasteiger partial charge < -0.3 is 14.4 Å². The molecule has 1 amide bonds. The highest BCUT2D eigenvalue weighted by molar-refractivity contribution is 6.04. The van der Waals surface area contributed by atoms with Gasteiger partial charge in [-0.15, -0.1) is 0 Å². The molecule has 0 saturated carbocycles. The lowest BCUT2D eigenvalue weighted by Gasteiger charge is -2.37. The van der Waals surface area contributed by atoms with E-state index in [0.29, 0.717) is 5.75 Å². The first-order chi connectivity index (χ1) is 11.9. The minimum atomic E-state index is -0.816. The Kier molecular flexibility index (Phi) is 6.07. The van der Waals surface area contributed by atoms with Crippen LogP contribution in [-0.2, 0) is 9.53 Å². The molecule has 1 aromatic rings. The maximum absolute atomic E-state index is 12.5. The standard InChI is InChI=1S/C16H20N4O5/c1-12(2)18-10-25-11-19(16(18)17-20(22)23)15(21)9-6-13-4-7-14(24-3)8-5-13/h4-9,12H,10-11H2,1-3H3/b9-6+,17-16+. The zero-order valence-electron chi connectivity index (χ0n) is 14.3. The van der Waals surface area contributed by atoms with E-state index in [9.17, 15) is 14.9 Å². The number of ether oxygens (including phenoxy) is 2. The molecular weight excluding hydrogens is 328 g/mol. The molecule has 1 aliphatic rings. The zero-order chi connectivity index (χ0) is 18.4. The minimum Gasteiger partial charge on any atom is -0.497 e. The Hall–Kier alpha value is -2.94. The minimum absolute atomic E-state index is 0.0318. The van der Waals surface area contributed by atoms with E-state index in [1.54, 1.807) is 42.4 Å². The van der Waals surface area contributed by atoms with Crippen molar-refractivity contribution in [3.05, 3.63) is 46.0 Å². The highest BCUT2D eigenvalue weighted by atomic mass is 16.7. The van der Waals surface area contributed by atoms with Crippen molar-refractivity contribution in [3.63, 3.8) is 0 Å². The van der Waals surface area contributed by atoms with Crippen molar-refractivity contribution >= 4 is 17.9 Å². The quantitative estimate of drug-likeness (QED) is 0.457. The fourth-order valence-electron chi connectivity index (χ4n) is 2.20. The first-order valence-corrected chi connectivity index (χ1v) is 7.63. The number of amides is 1. The van der Waals surface area contributed by atoms with Gasteiger partial charge in [-0.1, -0.05) is 12.1 Å². The summed E-state index contributed by atoms with van der Waals surface area (Å²) in [5, 5.41) is 13.4. The van der Waals surface area contributed by atoms with Gasteiger partial charge in [0.2, 0.25) is 0 Å². The van der Waals surface area contributed by atoms with Crippen molar-refractivity contribution in [1.29, 1.82) is 0 Å². The van der Waals surface area contributed by atoms with Crippen LogP contribution in [0.25, 0.3) is 6.08 Å². The third-order valence-electron chi connectivity index (χ3n) is 3.54. The molecule has 0 spiro atoms. The molecule has 1 aliphatic heterocycles. The molecule has 1 saturated heterocycles. The maximum atomic E-state index is 12.5. The monoisotopic (exact) mass is 348 g/mol. The third-order valence-corrected chi connectivity index (χ3v) is 3.54. The number of hydrogen-bond acceptors (Lipinski definition) is 5. The van der Waals surface area contributed by atoms with Crippen LogP contribution in [0.15, 0.2) is 35.4 Å². The summed E-state index contributed by atoms with van der Waals surface area (Å²) in [6.45, 7) is 3.71. The van der Waals surface area contributed by atoms with Gasteiger partial charge in [0.25, 0.3) is 11.9 Å². The highest BCUT2D eigenvalue weighted by Crippen LogP contribution is 2.15. The Morgan fingerprint density at radius 2 is 2.04 bits per heavy atom. The molecule has 0 N–H and O–H groups in total. The van der Waals surface area contributed by atoms with E-state index in [4.69, 9.17) is 9.47 Å². The zero-order valence-corrected chi connectivity index (χ0v) is 14.3. The van der Waals surface area contributed by atoms with E-state index in [2.05, 4.69) is 5.10 Å². The number of hydrazone groups is 1. The summed E-state index contributed by atoms with van der Waals surface area (Å²) < 4.78 is 10.4. The smallest absolute Gasteiger partial charge is 0.284 e. The first-order valence-electron chi connectivity index (χ1n) is 7.63. The Morgan fingerprint density at radius 1 is 1.36 bits per heavy atom. The van der Waals surface area contributed by atoms with Crippen molar-refractivity contribution in [2.24, 2.45) is 5.10 Å². The molecule has 1 heterocycles. The largest absolute Gasteiger partial charge is 0.497 e. The van der Waals surface area contributed by atoms with Crippen LogP contribution in [0.3, 0.4) is 0 Å². The van der Waals surface area contributed by atoms with Crippen LogP contribution in [0.1, 0.15) is 19.4 Å². The first kappa shape index (κ1) is 18.4. The maximum Gasteiger partial charge on any atom is 0.284 e. The summed E-state index contributed by atoms with van der Waals surface area (Å²) in [5.41, 5.74) is 0.792. The Morgan fingerprint density at radius 3 is 2.60 bits per heavy atom. The van der Waals surface area contributed by atoms with E-state index < -0.39 is 10.9 Å². The fourth-order valence-corrected chi connectivity index (χ4v) is 2.20. The summed E-state index contributed by atoms with van der Waals surface area (Å²) in [6.07, 6.45) is 2.93. The van der Waals surface area contributed by atoms with E-state index >= 15 is 0 Å². The summed E-state index contributed by atoms with van der Waals surface area (Å²) in [5.74, 6) is 0.221. The fraction of sp³-hybridized carbons (Fsp3) is 0.375. The highest BCUT2D eigenvalue weighted by Gasteiger charge is 2.32. The van der Waals surface area contributed by atoms with Crippen molar-refractivity contribution in [2.45, 2.75) is 19.9 Å². The van der Waals surface area contributed by atoms with Crippen LogP contribution in [0.2, 0.25) is 0 Å². The molecule has 1 aromatic carbocycles. The second kappa shape index (κ2) is 8.25. The number of benzene rings is 1. The molecule has 134 valence electrons. The molecule has 9 nitrogen and oxygen atoms in total. The van der Waals surface area contributed by atoms with E-state index in [-0.39, 0.29) is 25.5 Å². The SMILES string of the molecule is COc1ccc(/C=C/C(=O)N2COCN(C(C)C)/C2=N\[N+](=O)[O-])cc1. The summed E-state index contributed by atoms with van der Waals surface area (Å²) in [7, 11) is 1.57. The predicted octanol–water partition coefficient (Wildman–Crippen LogP) is 1.74. The van der Waals surface area contributed by atoms with Crippen molar-refractivity contribution in [1.82, 2.24) is 9.80 Å².